The molecule has 3 nitrogen and oxygen atoms in total. The lowest BCUT2D eigenvalue weighted by molar-refractivity contribution is 0.382. The predicted molar refractivity (Wildman–Crippen MR) is 60.7 cm³/mol. The highest BCUT2D eigenvalue weighted by Crippen LogP contribution is 2.38. The Morgan fingerprint density at radius 2 is 2.36 bits per heavy atom. The van der Waals surface area contributed by atoms with E-state index in [4.69, 9.17) is 4.74 Å². The predicted octanol–water partition coefficient (Wildman–Crippen LogP) is 2.17. The Bertz CT molecular complexity index is 290. The molecular weight excluding hydrogens is 220 g/mol. The van der Waals surface area contributed by atoms with Crippen LogP contribution in [0.15, 0.2) is 0 Å². The third-order valence-electron chi connectivity index (χ3n) is 2.56. The summed E-state index contributed by atoms with van der Waals surface area (Å²) < 4.78 is 9.54. The van der Waals surface area contributed by atoms with Gasteiger partial charge >= 0.3 is 0 Å². The standard InChI is InChI=1S/C9H14N2OS.ClH/c1-10-6-4-3-5-7-8(6)9(12-2)11-13-7;/h6,10H,3-5H2,1-2H3;1H/t6-;/m1./s1. The molecule has 0 amide bonds. The molecule has 0 unspecified atom stereocenters. The van der Waals surface area contributed by atoms with Crippen LogP contribution in [0.4, 0.5) is 0 Å². The highest BCUT2D eigenvalue weighted by molar-refractivity contribution is 7.06. The first-order chi connectivity index (χ1) is 6.36. The Kier molecular flexibility index (Phi) is 4.16. The van der Waals surface area contributed by atoms with E-state index >= 15 is 0 Å². The Balaban J connectivity index is 0.000000980. The number of nitrogens with one attached hydrogen (secondary N) is 1. The molecule has 0 bridgehead atoms. The van der Waals surface area contributed by atoms with Gasteiger partial charge in [-0.1, -0.05) is 0 Å². The van der Waals surface area contributed by atoms with E-state index in [0.29, 0.717) is 6.04 Å². The Morgan fingerprint density at radius 1 is 1.57 bits per heavy atom. The number of nitrogens with zero attached hydrogens (tertiary/aromatic N) is 1. The van der Waals surface area contributed by atoms with Crippen LogP contribution in [0.1, 0.15) is 29.3 Å². The molecule has 1 aromatic heterocycles. The largest absolute Gasteiger partial charge is 0.480 e. The number of halogens is 1. The van der Waals surface area contributed by atoms with Gasteiger partial charge in [0.15, 0.2) is 0 Å². The number of aromatic nitrogens is 1. The zero-order valence-electron chi connectivity index (χ0n) is 8.37. The maximum atomic E-state index is 5.24. The number of fused-ring (bicyclic) bond motifs is 1. The average molecular weight is 235 g/mol. The molecule has 0 saturated carbocycles. The summed E-state index contributed by atoms with van der Waals surface area (Å²) in [5, 5.41) is 3.31. The van der Waals surface area contributed by atoms with Gasteiger partial charge in [0, 0.05) is 16.5 Å². The van der Waals surface area contributed by atoms with Crippen LogP contribution in [0.25, 0.3) is 0 Å². The van der Waals surface area contributed by atoms with Gasteiger partial charge in [0.25, 0.3) is 0 Å². The summed E-state index contributed by atoms with van der Waals surface area (Å²) in [6, 6.07) is 0.442. The summed E-state index contributed by atoms with van der Waals surface area (Å²) >= 11 is 1.58. The Morgan fingerprint density at radius 3 is 3.00 bits per heavy atom. The van der Waals surface area contributed by atoms with Gasteiger partial charge in [-0.05, 0) is 37.8 Å². The van der Waals surface area contributed by atoms with E-state index in [-0.39, 0.29) is 12.4 Å². The van der Waals surface area contributed by atoms with Crippen molar-refractivity contribution in [3.63, 3.8) is 0 Å². The monoisotopic (exact) mass is 234 g/mol. The molecular formula is C9H15ClN2OS. The molecule has 1 aliphatic carbocycles. The van der Waals surface area contributed by atoms with E-state index in [2.05, 4.69) is 9.69 Å². The molecule has 0 spiro atoms. The Labute approximate surface area is 94.4 Å². The van der Waals surface area contributed by atoms with Crippen molar-refractivity contribution >= 4 is 23.9 Å². The number of ether oxygens (including phenoxy) is 1. The lowest BCUT2D eigenvalue weighted by atomic mass is 9.94. The molecule has 0 fully saturated rings. The molecule has 1 aromatic rings. The van der Waals surface area contributed by atoms with E-state index in [1.54, 1.807) is 18.6 Å². The molecule has 5 heteroatoms. The smallest absolute Gasteiger partial charge is 0.230 e. The van der Waals surface area contributed by atoms with Crippen LogP contribution in [0.5, 0.6) is 5.88 Å². The van der Waals surface area contributed by atoms with E-state index < -0.39 is 0 Å². The minimum Gasteiger partial charge on any atom is -0.480 e. The zero-order chi connectivity index (χ0) is 9.26. The van der Waals surface area contributed by atoms with Gasteiger partial charge in [-0.25, -0.2) is 0 Å². The second kappa shape index (κ2) is 4.96. The minimum absolute atomic E-state index is 0. The molecule has 1 atom stereocenters. The first-order valence-corrected chi connectivity index (χ1v) is 5.34. The van der Waals surface area contributed by atoms with Gasteiger partial charge < -0.3 is 10.1 Å². The van der Waals surface area contributed by atoms with Gasteiger partial charge in [-0.2, -0.15) is 4.37 Å². The molecule has 0 aliphatic heterocycles. The second-order valence-electron chi connectivity index (χ2n) is 3.26. The van der Waals surface area contributed by atoms with E-state index in [0.717, 1.165) is 12.3 Å². The fraction of sp³-hybridized carbons (Fsp3) is 0.667. The van der Waals surface area contributed by atoms with Crippen molar-refractivity contribution in [2.45, 2.75) is 25.3 Å². The van der Waals surface area contributed by atoms with Crippen LogP contribution in [0.3, 0.4) is 0 Å². The maximum absolute atomic E-state index is 5.24. The first-order valence-electron chi connectivity index (χ1n) is 4.56. The molecule has 14 heavy (non-hydrogen) atoms. The maximum Gasteiger partial charge on any atom is 0.230 e. The number of hydrogen-bond donors (Lipinski definition) is 1. The fourth-order valence-electron chi connectivity index (χ4n) is 1.88. The van der Waals surface area contributed by atoms with Gasteiger partial charge in [0.05, 0.1) is 7.11 Å². The molecule has 1 aliphatic rings. The van der Waals surface area contributed by atoms with Crippen LogP contribution in [0.2, 0.25) is 0 Å². The SMILES string of the molecule is CN[C@@H]1CCCc2snc(OC)c21.Cl. The zero-order valence-corrected chi connectivity index (χ0v) is 10.0. The molecule has 2 rings (SSSR count). The minimum atomic E-state index is 0. The number of methoxy groups -OCH3 is 1. The van der Waals surface area contributed by atoms with Crippen molar-refractivity contribution in [2.24, 2.45) is 0 Å². The molecule has 80 valence electrons. The summed E-state index contributed by atoms with van der Waals surface area (Å²) in [6.45, 7) is 0. The topological polar surface area (TPSA) is 34.2 Å². The normalized spacial score (nSPS) is 19.7. The second-order valence-corrected chi connectivity index (χ2v) is 4.12. The van der Waals surface area contributed by atoms with Crippen molar-refractivity contribution in [1.29, 1.82) is 0 Å². The average Bonchev–Trinajstić information content (AvgIpc) is 2.60. The van der Waals surface area contributed by atoms with Crippen LogP contribution < -0.4 is 10.1 Å². The van der Waals surface area contributed by atoms with E-state index in [1.807, 2.05) is 7.05 Å². The van der Waals surface area contributed by atoms with Crippen LogP contribution >= 0.6 is 23.9 Å². The summed E-state index contributed by atoms with van der Waals surface area (Å²) in [6.07, 6.45) is 3.61. The van der Waals surface area contributed by atoms with E-state index in [1.165, 1.54) is 23.3 Å². The molecule has 1 heterocycles. The number of rotatable bonds is 2. The lowest BCUT2D eigenvalue weighted by Gasteiger charge is -2.21. The molecule has 0 aromatic carbocycles. The number of aryl methyl sites for hydroxylation is 1. The third kappa shape index (κ3) is 1.87. The summed E-state index contributed by atoms with van der Waals surface area (Å²) in [5.41, 5.74) is 1.29. The number of hydrogen-bond acceptors (Lipinski definition) is 4. The van der Waals surface area contributed by atoms with Crippen LogP contribution in [-0.2, 0) is 6.42 Å². The van der Waals surface area contributed by atoms with E-state index in [9.17, 15) is 0 Å². The van der Waals surface area contributed by atoms with Gasteiger partial charge in [-0.15, -0.1) is 12.4 Å². The lowest BCUT2D eigenvalue weighted by Crippen LogP contribution is -2.20. The first kappa shape index (κ1) is 11.8. The highest BCUT2D eigenvalue weighted by Gasteiger charge is 2.25. The molecule has 0 radical (unpaired) electrons. The Hall–Kier alpha value is -0.320. The van der Waals surface area contributed by atoms with Gasteiger partial charge in [0.2, 0.25) is 5.88 Å². The van der Waals surface area contributed by atoms with Crippen molar-refractivity contribution in [3.05, 3.63) is 10.4 Å². The summed E-state index contributed by atoms with van der Waals surface area (Å²) in [4.78, 5) is 1.39. The summed E-state index contributed by atoms with van der Waals surface area (Å²) in [5.74, 6) is 0.819. The van der Waals surface area contributed by atoms with Crippen LogP contribution in [-0.4, -0.2) is 18.5 Å². The fourth-order valence-corrected chi connectivity index (χ4v) is 2.81. The molecule has 1 N–H and O–H groups in total. The van der Waals surface area contributed by atoms with Crippen LogP contribution in [0, 0.1) is 0 Å². The van der Waals surface area contributed by atoms with Crippen molar-refractivity contribution in [3.8, 4) is 5.88 Å². The summed E-state index contributed by atoms with van der Waals surface area (Å²) in [7, 11) is 3.69. The quantitative estimate of drug-likeness (QED) is 0.852. The van der Waals surface area contributed by atoms with Gasteiger partial charge in [-0.3, -0.25) is 0 Å². The van der Waals surface area contributed by atoms with Crippen molar-refractivity contribution in [2.75, 3.05) is 14.2 Å². The molecule has 0 saturated heterocycles. The third-order valence-corrected chi connectivity index (χ3v) is 3.46. The van der Waals surface area contributed by atoms with Crippen molar-refractivity contribution < 1.29 is 4.74 Å². The van der Waals surface area contributed by atoms with Crippen molar-refractivity contribution in [1.82, 2.24) is 9.69 Å². The highest BCUT2D eigenvalue weighted by atomic mass is 35.5. The van der Waals surface area contributed by atoms with Gasteiger partial charge in [0.1, 0.15) is 0 Å².